The third-order valence-electron chi connectivity index (χ3n) is 3.92. The van der Waals surface area contributed by atoms with Crippen molar-refractivity contribution >= 4 is 5.69 Å². The molecule has 0 bridgehead atoms. The zero-order valence-electron chi connectivity index (χ0n) is 12.3. The van der Waals surface area contributed by atoms with Gasteiger partial charge in [0.05, 0.1) is 12.8 Å². The quantitative estimate of drug-likeness (QED) is 0.826. The number of anilines is 1. The third kappa shape index (κ3) is 3.87. The molecule has 3 heteroatoms. The van der Waals surface area contributed by atoms with Crippen molar-refractivity contribution in [2.75, 3.05) is 32.1 Å². The minimum atomic E-state index is 0.535. The maximum Gasteiger partial charge on any atom is 0.142 e. The summed E-state index contributed by atoms with van der Waals surface area (Å²) in [5.41, 5.74) is 2.43. The SMILES string of the molecule is COc1cc(C(C)C)ccc1NCCC1CCNC1. The van der Waals surface area contributed by atoms with Crippen LogP contribution >= 0.6 is 0 Å². The summed E-state index contributed by atoms with van der Waals surface area (Å²) in [7, 11) is 1.74. The van der Waals surface area contributed by atoms with Crippen LogP contribution in [0.25, 0.3) is 0 Å². The number of ether oxygens (including phenoxy) is 1. The highest BCUT2D eigenvalue weighted by molar-refractivity contribution is 5.58. The second kappa shape index (κ2) is 6.80. The van der Waals surface area contributed by atoms with E-state index in [0.29, 0.717) is 5.92 Å². The zero-order chi connectivity index (χ0) is 13.7. The van der Waals surface area contributed by atoms with Gasteiger partial charge in [0.1, 0.15) is 5.75 Å². The molecule has 19 heavy (non-hydrogen) atoms. The predicted octanol–water partition coefficient (Wildman–Crippen LogP) is 3.23. The molecule has 1 saturated heterocycles. The molecule has 1 fully saturated rings. The van der Waals surface area contributed by atoms with Crippen LogP contribution in [-0.2, 0) is 0 Å². The first-order valence-corrected chi connectivity index (χ1v) is 7.33. The molecule has 0 radical (unpaired) electrons. The third-order valence-corrected chi connectivity index (χ3v) is 3.92. The number of methoxy groups -OCH3 is 1. The van der Waals surface area contributed by atoms with E-state index in [2.05, 4.69) is 42.7 Å². The Balaban J connectivity index is 1.91. The standard InChI is InChI=1S/C16H26N2O/c1-12(2)14-4-5-15(16(10-14)19-3)18-9-7-13-6-8-17-11-13/h4-5,10,12-13,17-18H,6-9,11H2,1-3H3. The van der Waals surface area contributed by atoms with Gasteiger partial charge in [-0.25, -0.2) is 0 Å². The van der Waals surface area contributed by atoms with Crippen molar-refractivity contribution in [3.05, 3.63) is 23.8 Å². The van der Waals surface area contributed by atoms with E-state index in [0.717, 1.165) is 23.9 Å². The monoisotopic (exact) mass is 262 g/mol. The van der Waals surface area contributed by atoms with Gasteiger partial charge in [-0.1, -0.05) is 19.9 Å². The topological polar surface area (TPSA) is 33.3 Å². The molecule has 3 nitrogen and oxygen atoms in total. The lowest BCUT2D eigenvalue weighted by Crippen LogP contribution is -2.13. The fraction of sp³-hybridized carbons (Fsp3) is 0.625. The van der Waals surface area contributed by atoms with Crippen LogP contribution in [0.1, 0.15) is 38.2 Å². The van der Waals surface area contributed by atoms with E-state index < -0.39 is 0 Å². The van der Waals surface area contributed by atoms with E-state index in [4.69, 9.17) is 4.74 Å². The van der Waals surface area contributed by atoms with E-state index in [1.54, 1.807) is 7.11 Å². The molecular weight excluding hydrogens is 236 g/mol. The molecule has 0 saturated carbocycles. The lowest BCUT2D eigenvalue weighted by molar-refractivity contribution is 0.415. The van der Waals surface area contributed by atoms with Gasteiger partial charge in [-0.05, 0) is 55.5 Å². The first-order chi connectivity index (χ1) is 9.20. The van der Waals surface area contributed by atoms with Gasteiger partial charge in [0.2, 0.25) is 0 Å². The van der Waals surface area contributed by atoms with Gasteiger partial charge in [-0.3, -0.25) is 0 Å². The van der Waals surface area contributed by atoms with Crippen LogP contribution in [0.3, 0.4) is 0 Å². The maximum absolute atomic E-state index is 5.48. The number of hydrogen-bond acceptors (Lipinski definition) is 3. The molecule has 0 spiro atoms. The van der Waals surface area contributed by atoms with Gasteiger partial charge in [0, 0.05) is 6.54 Å². The molecular formula is C16H26N2O. The summed E-state index contributed by atoms with van der Waals surface area (Å²) < 4.78 is 5.48. The molecule has 1 heterocycles. The normalized spacial score (nSPS) is 18.8. The molecule has 2 rings (SSSR count). The Kier molecular flexibility index (Phi) is 5.08. The summed E-state index contributed by atoms with van der Waals surface area (Å²) in [5.74, 6) is 2.32. The zero-order valence-corrected chi connectivity index (χ0v) is 12.3. The Hall–Kier alpha value is -1.22. The Morgan fingerprint density at radius 1 is 1.42 bits per heavy atom. The molecule has 0 amide bonds. The second-order valence-corrected chi connectivity index (χ2v) is 5.69. The van der Waals surface area contributed by atoms with E-state index in [9.17, 15) is 0 Å². The van der Waals surface area contributed by atoms with Crippen molar-refractivity contribution in [2.24, 2.45) is 5.92 Å². The lowest BCUT2D eigenvalue weighted by atomic mass is 10.0. The Morgan fingerprint density at radius 3 is 2.89 bits per heavy atom. The van der Waals surface area contributed by atoms with Crippen LogP contribution in [0.5, 0.6) is 5.75 Å². The molecule has 2 N–H and O–H groups in total. The molecule has 1 unspecified atom stereocenters. The Bertz CT molecular complexity index is 398. The van der Waals surface area contributed by atoms with Crippen LogP contribution in [0, 0.1) is 5.92 Å². The minimum absolute atomic E-state index is 0.535. The summed E-state index contributed by atoms with van der Waals surface area (Å²) >= 11 is 0. The summed E-state index contributed by atoms with van der Waals surface area (Å²) in [4.78, 5) is 0. The predicted molar refractivity (Wildman–Crippen MR) is 81.2 cm³/mol. The van der Waals surface area contributed by atoms with Crippen molar-refractivity contribution in [1.29, 1.82) is 0 Å². The number of hydrogen-bond donors (Lipinski definition) is 2. The summed E-state index contributed by atoms with van der Waals surface area (Å²) in [6.07, 6.45) is 2.53. The molecule has 106 valence electrons. The lowest BCUT2D eigenvalue weighted by Gasteiger charge is -2.15. The van der Waals surface area contributed by atoms with E-state index in [-0.39, 0.29) is 0 Å². The second-order valence-electron chi connectivity index (χ2n) is 5.69. The fourth-order valence-electron chi connectivity index (χ4n) is 2.58. The summed E-state index contributed by atoms with van der Waals surface area (Å²) in [5, 5.41) is 6.92. The Morgan fingerprint density at radius 2 is 2.26 bits per heavy atom. The smallest absolute Gasteiger partial charge is 0.142 e. The van der Waals surface area contributed by atoms with Crippen molar-refractivity contribution in [1.82, 2.24) is 5.32 Å². The van der Waals surface area contributed by atoms with Gasteiger partial charge in [-0.15, -0.1) is 0 Å². The highest BCUT2D eigenvalue weighted by Crippen LogP contribution is 2.29. The highest BCUT2D eigenvalue weighted by Gasteiger charge is 2.14. The van der Waals surface area contributed by atoms with Crippen LogP contribution in [0.15, 0.2) is 18.2 Å². The van der Waals surface area contributed by atoms with Gasteiger partial charge < -0.3 is 15.4 Å². The van der Waals surface area contributed by atoms with Crippen LogP contribution < -0.4 is 15.4 Å². The van der Waals surface area contributed by atoms with Crippen molar-refractivity contribution in [3.8, 4) is 5.75 Å². The van der Waals surface area contributed by atoms with Crippen LogP contribution in [0.4, 0.5) is 5.69 Å². The number of rotatable bonds is 6. The number of nitrogens with one attached hydrogen (secondary N) is 2. The first kappa shape index (κ1) is 14.2. The van der Waals surface area contributed by atoms with Gasteiger partial charge >= 0.3 is 0 Å². The average Bonchev–Trinajstić information content (AvgIpc) is 2.92. The molecule has 1 aliphatic rings. The van der Waals surface area contributed by atoms with Crippen molar-refractivity contribution < 1.29 is 4.74 Å². The molecule has 1 aromatic carbocycles. The first-order valence-electron chi connectivity index (χ1n) is 7.33. The molecule has 0 aromatic heterocycles. The average molecular weight is 262 g/mol. The molecule has 0 aliphatic carbocycles. The minimum Gasteiger partial charge on any atom is -0.495 e. The van der Waals surface area contributed by atoms with E-state index >= 15 is 0 Å². The van der Waals surface area contributed by atoms with Gasteiger partial charge in [0.25, 0.3) is 0 Å². The Labute approximate surface area is 116 Å². The fourth-order valence-corrected chi connectivity index (χ4v) is 2.58. The van der Waals surface area contributed by atoms with Crippen molar-refractivity contribution in [3.63, 3.8) is 0 Å². The van der Waals surface area contributed by atoms with Gasteiger partial charge in [0.15, 0.2) is 0 Å². The molecule has 1 atom stereocenters. The highest BCUT2D eigenvalue weighted by atomic mass is 16.5. The van der Waals surface area contributed by atoms with E-state index in [1.807, 2.05) is 0 Å². The molecule has 1 aliphatic heterocycles. The number of benzene rings is 1. The maximum atomic E-state index is 5.48. The summed E-state index contributed by atoms with van der Waals surface area (Å²) in [6, 6.07) is 6.47. The largest absolute Gasteiger partial charge is 0.495 e. The van der Waals surface area contributed by atoms with E-state index in [1.165, 1.54) is 31.5 Å². The van der Waals surface area contributed by atoms with Crippen LogP contribution in [-0.4, -0.2) is 26.7 Å². The van der Waals surface area contributed by atoms with Gasteiger partial charge in [-0.2, -0.15) is 0 Å². The summed E-state index contributed by atoms with van der Waals surface area (Å²) in [6.45, 7) is 7.77. The molecule has 1 aromatic rings. The van der Waals surface area contributed by atoms with Crippen LogP contribution in [0.2, 0.25) is 0 Å². The van der Waals surface area contributed by atoms with Crippen molar-refractivity contribution in [2.45, 2.75) is 32.6 Å².